The molecule has 29 heavy (non-hydrogen) atoms. The van der Waals surface area contributed by atoms with Gasteiger partial charge in [-0.2, -0.15) is 0 Å². The summed E-state index contributed by atoms with van der Waals surface area (Å²) in [5.74, 6) is 1.18. The molecule has 3 rings (SSSR count). The van der Waals surface area contributed by atoms with Gasteiger partial charge in [0.2, 0.25) is 5.91 Å². The van der Waals surface area contributed by atoms with Gasteiger partial charge < -0.3 is 14.8 Å². The highest BCUT2D eigenvalue weighted by Crippen LogP contribution is 2.29. The highest BCUT2D eigenvalue weighted by Gasteiger charge is 2.06. The molecule has 0 radical (unpaired) electrons. The van der Waals surface area contributed by atoms with E-state index in [0.717, 1.165) is 17.5 Å². The number of benzene rings is 3. The van der Waals surface area contributed by atoms with Crippen LogP contribution in [0.4, 0.5) is 0 Å². The Morgan fingerprint density at radius 3 is 2.28 bits per heavy atom. The molecule has 0 saturated carbocycles. The number of methoxy groups -OCH3 is 1. The van der Waals surface area contributed by atoms with Crippen molar-refractivity contribution in [2.75, 3.05) is 13.7 Å². The topological polar surface area (TPSA) is 47.6 Å². The predicted molar refractivity (Wildman–Crippen MR) is 116 cm³/mol. The van der Waals surface area contributed by atoms with E-state index in [4.69, 9.17) is 9.47 Å². The highest BCUT2D eigenvalue weighted by atomic mass is 16.5. The van der Waals surface area contributed by atoms with Gasteiger partial charge in [-0.15, -0.1) is 0 Å². The molecule has 0 aromatic heterocycles. The van der Waals surface area contributed by atoms with Crippen LogP contribution in [0.15, 0.2) is 84.9 Å². The van der Waals surface area contributed by atoms with Crippen LogP contribution in [-0.2, 0) is 17.8 Å². The fraction of sp³-hybridized carbons (Fsp3) is 0.160. The molecule has 0 aliphatic heterocycles. The first-order chi connectivity index (χ1) is 14.2. The van der Waals surface area contributed by atoms with Gasteiger partial charge in [0, 0.05) is 12.6 Å². The van der Waals surface area contributed by atoms with Crippen molar-refractivity contribution in [2.45, 2.75) is 13.0 Å². The summed E-state index contributed by atoms with van der Waals surface area (Å²) in [4.78, 5) is 12.0. The third kappa shape index (κ3) is 6.54. The summed E-state index contributed by atoms with van der Waals surface area (Å²) >= 11 is 0. The Labute approximate surface area is 171 Å². The molecule has 0 saturated heterocycles. The highest BCUT2D eigenvalue weighted by molar-refractivity contribution is 5.91. The zero-order valence-corrected chi connectivity index (χ0v) is 16.5. The van der Waals surface area contributed by atoms with Gasteiger partial charge in [-0.25, -0.2) is 0 Å². The van der Waals surface area contributed by atoms with E-state index in [-0.39, 0.29) is 5.91 Å². The third-order valence-corrected chi connectivity index (χ3v) is 4.41. The SMILES string of the molecule is COc1cc(/C=C/C(=O)NCCc2ccccc2)ccc1OCc1ccccc1. The van der Waals surface area contributed by atoms with Crippen molar-refractivity contribution >= 4 is 12.0 Å². The summed E-state index contributed by atoms with van der Waals surface area (Å²) in [5.41, 5.74) is 3.16. The minimum atomic E-state index is -0.121. The van der Waals surface area contributed by atoms with Crippen LogP contribution in [-0.4, -0.2) is 19.6 Å². The molecule has 3 aromatic carbocycles. The van der Waals surface area contributed by atoms with E-state index in [0.29, 0.717) is 24.7 Å². The molecule has 0 unspecified atom stereocenters. The minimum absolute atomic E-state index is 0.121. The molecule has 0 aliphatic carbocycles. The lowest BCUT2D eigenvalue weighted by atomic mass is 10.1. The molecule has 0 bridgehead atoms. The van der Waals surface area contributed by atoms with E-state index >= 15 is 0 Å². The summed E-state index contributed by atoms with van der Waals surface area (Å²) in [6.45, 7) is 1.07. The maximum Gasteiger partial charge on any atom is 0.244 e. The van der Waals surface area contributed by atoms with E-state index in [9.17, 15) is 4.79 Å². The standard InChI is InChI=1S/C25H25NO3/c1-28-24-18-21(12-14-23(24)29-19-22-10-6-3-7-11-22)13-15-25(27)26-17-16-20-8-4-2-5-9-20/h2-15,18H,16-17,19H2,1H3,(H,26,27)/b15-13+. The van der Waals surface area contributed by atoms with Gasteiger partial charge in [0.05, 0.1) is 7.11 Å². The molecule has 4 heteroatoms. The van der Waals surface area contributed by atoms with Gasteiger partial charge in [-0.1, -0.05) is 66.7 Å². The zero-order chi connectivity index (χ0) is 20.3. The molecule has 3 aromatic rings. The average Bonchev–Trinajstić information content (AvgIpc) is 2.78. The van der Waals surface area contributed by atoms with E-state index in [2.05, 4.69) is 17.4 Å². The van der Waals surface area contributed by atoms with Crippen molar-refractivity contribution in [3.8, 4) is 11.5 Å². The number of carbonyl (C=O) groups excluding carboxylic acids is 1. The van der Waals surface area contributed by atoms with E-state index < -0.39 is 0 Å². The summed E-state index contributed by atoms with van der Waals surface area (Å²) in [6.07, 6.45) is 4.10. The van der Waals surface area contributed by atoms with Crippen LogP contribution in [0, 0.1) is 0 Å². The molecule has 4 nitrogen and oxygen atoms in total. The number of amides is 1. The lowest BCUT2D eigenvalue weighted by molar-refractivity contribution is -0.116. The summed E-state index contributed by atoms with van der Waals surface area (Å²) < 4.78 is 11.3. The largest absolute Gasteiger partial charge is 0.493 e. The molecule has 1 amide bonds. The van der Waals surface area contributed by atoms with Crippen molar-refractivity contribution in [2.24, 2.45) is 0 Å². The fourth-order valence-corrected chi connectivity index (χ4v) is 2.85. The Hall–Kier alpha value is -3.53. The molecular weight excluding hydrogens is 362 g/mol. The number of nitrogens with one attached hydrogen (secondary N) is 1. The lowest BCUT2D eigenvalue weighted by Gasteiger charge is -2.11. The first kappa shape index (κ1) is 20.2. The Kier molecular flexibility index (Phi) is 7.47. The number of hydrogen-bond donors (Lipinski definition) is 1. The Bertz CT molecular complexity index is 937. The van der Waals surface area contributed by atoms with Crippen LogP contribution < -0.4 is 14.8 Å². The second-order valence-electron chi connectivity index (χ2n) is 6.54. The van der Waals surface area contributed by atoms with Gasteiger partial charge in [-0.05, 0) is 41.3 Å². The van der Waals surface area contributed by atoms with Gasteiger partial charge in [0.1, 0.15) is 6.61 Å². The molecule has 0 fully saturated rings. The summed E-state index contributed by atoms with van der Waals surface area (Å²) in [7, 11) is 1.61. The van der Waals surface area contributed by atoms with E-state index in [1.807, 2.05) is 66.7 Å². The van der Waals surface area contributed by atoms with Crippen LogP contribution in [0.5, 0.6) is 11.5 Å². The molecule has 1 N–H and O–H groups in total. The first-order valence-electron chi connectivity index (χ1n) is 9.59. The van der Waals surface area contributed by atoms with Crippen molar-refractivity contribution in [1.29, 1.82) is 0 Å². The predicted octanol–water partition coefficient (Wildman–Crippen LogP) is 4.65. The van der Waals surface area contributed by atoms with E-state index in [1.54, 1.807) is 13.2 Å². The first-order valence-corrected chi connectivity index (χ1v) is 9.59. The van der Waals surface area contributed by atoms with Crippen molar-refractivity contribution in [3.05, 3.63) is 102 Å². The van der Waals surface area contributed by atoms with Gasteiger partial charge in [0.25, 0.3) is 0 Å². The molecular formula is C25H25NO3. The minimum Gasteiger partial charge on any atom is -0.493 e. The smallest absolute Gasteiger partial charge is 0.244 e. The summed E-state index contributed by atoms with van der Waals surface area (Å²) in [5, 5.41) is 2.90. The Morgan fingerprint density at radius 1 is 0.897 bits per heavy atom. The second-order valence-corrected chi connectivity index (χ2v) is 6.54. The van der Waals surface area contributed by atoms with Crippen LogP contribution >= 0.6 is 0 Å². The van der Waals surface area contributed by atoms with Gasteiger partial charge in [0.15, 0.2) is 11.5 Å². The molecule has 0 aliphatic rings. The Balaban J connectivity index is 1.52. The molecule has 0 atom stereocenters. The molecule has 0 heterocycles. The van der Waals surface area contributed by atoms with Crippen LogP contribution in [0.25, 0.3) is 6.08 Å². The number of hydrogen-bond acceptors (Lipinski definition) is 3. The maximum atomic E-state index is 12.0. The van der Waals surface area contributed by atoms with Crippen LogP contribution in [0.2, 0.25) is 0 Å². The number of carbonyl (C=O) groups is 1. The van der Waals surface area contributed by atoms with Gasteiger partial charge >= 0.3 is 0 Å². The number of rotatable bonds is 9. The third-order valence-electron chi connectivity index (χ3n) is 4.41. The Morgan fingerprint density at radius 2 is 1.59 bits per heavy atom. The van der Waals surface area contributed by atoms with E-state index in [1.165, 1.54) is 11.6 Å². The summed E-state index contributed by atoms with van der Waals surface area (Å²) in [6, 6.07) is 25.7. The fourth-order valence-electron chi connectivity index (χ4n) is 2.85. The van der Waals surface area contributed by atoms with Gasteiger partial charge in [-0.3, -0.25) is 4.79 Å². The van der Waals surface area contributed by atoms with Crippen molar-refractivity contribution in [3.63, 3.8) is 0 Å². The van der Waals surface area contributed by atoms with Crippen LogP contribution in [0.3, 0.4) is 0 Å². The molecule has 148 valence electrons. The average molecular weight is 387 g/mol. The quantitative estimate of drug-likeness (QED) is 0.544. The van der Waals surface area contributed by atoms with Crippen LogP contribution in [0.1, 0.15) is 16.7 Å². The van der Waals surface area contributed by atoms with Crippen molar-refractivity contribution < 1.29 is 14.3 Å². The zero-order valence-electron chi connectivity index (χ0n) is 16.5. The second kappa shape index (κ2) is 10.7. The van der Waals surface area contributed by atoms with Crippen molar-refractivity contribution in [1.82, 2.24) is 5.32 Å². The monoisotopic (exact) mass is 387 g/mol. The number of ether oxygens (including phenoxy) is 2. The maximum absolute atomic E-state index is 12.0. The lowest BCUT2D eigenvalue weighted by Crippen LogP contribution is -2.23. The normalized spacial score (nSPS) is 10.7. The molecule has 0 spiro atoms.